The molecule has 1 atom stereocenters. The maximum absolute atomic E-state index is 4.07. The van der Waals surface area contributed by atoms with Crippen molar-refractivity contribution in [2.24, 2.45) is 0 Å². The van der Waals surface area contributed by atoms with Gasteiger partial charge >= 0.3 is 0 Å². The zero-order valence-electron chi connectivity index (χ0n) is 15.3. The van der Waals surface area contributed by atoms with Crippen molar-refractivity contribution in [1.82, 2.24) is 0 Å². The summed E-state index contributed by atoms with van der Waals surface area (Å²) in [6.45, 7) is 7.88. The topological polar surface area (TPSA) is 0 Å². The molecule has 130 valence electrons. The summed E-state index contributed by atoms with van der Waals surface area (Å²) in [5.41, 5.74) is 6.73. The van der Waals surface area contributed by atoms with Crippen molar-refractivity contribution in [1.29, 1.82) is 0 Å². The van der Waals surface area contributed by atoms with Crippen LogP contribution in [0.5, 0.6) is 0 Å². The number of benzene rings is 3. The summed E-state index contributed by atoms with van der Waals surface area (Å²) in [5, 5.41) is 0. The molecular weight excluding hydrogens is 312 g/mol. The van der Waals surface area contributed by atoms with E-state index in [1.165, 1.54) is 27.8 Å². The van der Waals surface area contributed by atoms with Crippen LogP contribution in [-0.4, -0.2) is 0 Å². The fourth-order valence-electron chi connectivity index (χ4n) is 3.37. The molecule has 0 aliphatic heterocycles. The summed E-state index contributed by atoms with van der Waals surface area (Å²) in [6, 6.07) is 28.1. The fourth-order valence-corrected chi connectivity index (χ4v) is 3.37. The van der Waals surface area contributed by atoms with Gasteiger partial charge in [0.05, 0.1) is 0 Å². The Morgan fingerprint density at radius 1 is 0.692 bits per heavy atom. The Morgan fingerprint density at radius 3 is 2.00 bits per heavy atom. The van der Waals surface area contributed by atoms with Crippen molar-refractivity contribution in [2.75, 3.05) is 0 Å². The zero-order chi connectivity index (χ0) is 18.2. The minimum absolute atomic E-state index is 0.351. The molecule has 0 aromatic heterocycles. The van der Waals surface area contributed by atoms with Gasteiger partial charge in [-0.25, -0.2) is 0 Å². The highest BCUT2D eigenvalue weighted by molar-refractivity contribution is 5.47. The third-order valence-corrected chi connectivity index (χ3v) is 4.97. The molecule has 0 fully saturated rings. The number of hydrogen-bond acceptors (Lipinski definition) is 0. The lowest BCUT2D eigenvalue weighted by molar-refractivity contribution is 0.816. The molecule has 0 bridgehead atoms. The van der Waals surface area contributed by atoms with Gasteiger partial charge in [-0.3, -0.25) is 0 Å². The highest BCUT2D eigenvalue weighted by Gasteiger charge is 2.11. The molecule has 3 aromatic carbocycles. The lowest BCUT2D eigenvalue weighted by atomic mass is 9.88. The molecule has 0 nitrogen and oxygen atoms in total. The van der Waals surface area contributed by atoms with Crippen molar-refractivity contribution in [3.05, 3.63) is 126 Å². The summed E-state index contributed by atoms with van der Waals surface area (Å²) in [5.74, 6) is 0.351. The molecular formula is C26H26. The summed E-state index contributed by atoms with van der Waals surface area (Å²) >= 11 is 0. The van der Waals surface area contributed by atoms with Gasteiger partial charge in [0.15, 0.2) is 0 Å². The van der Waals surface area contributed by atoms with E-state index in [-0.39, 0.29) is 0 Å². The predicted molar refractivity (Wildman–Crippen MR) is 113 cm³/mol. The van der Waals surface area contributed by atoms with Gasteiger partial charge in [-0.05, 0) is 47.1 Å². The quantitative estimate of drug-likeness (QED) is 0.404. The van der Waals surface area contributed by atoms with E-state index in [0.29, 0.717) is 5.92 Å². The number of allylic oxidation sites excluding steroid dienone is 1. The Labute approximate surface area is 157 Å². The largest absolute Gasteiger partial charge is 0.102 e. The van der Waals surface area contributed by atoms with Gasteiger partial charge in [0.1, 0.15) is 0 Å². The second-order valence-electron chi connectivity index (χ2n) is 6.67. The summed E-state index contributed by atoms with van der Waals surface area (Å²) < 4.78 is 0. The first-order valence-corrected chi connectivity index (χ1v) is 9.26. The lowest BCUT2D eigenvalue weighted by Crippen LogP contribution is -2.04. The van der Waals surface area contributed by atoms with Gasteiger partial charge in [0, 0.05) is 5.92 Å². The summed E-state index contributed by atoms with van der Waals surface area (Å²) in [4.78, 5) is 0. The minimum Gasteiger partial charge on any atom is -0.102 e. The van der Waals surface area contributed by atoms with E-state index in [4.69, 9.17) is 0 Å². The average Bonchev–Trinajstić information content (AvgIpc) is 2.72. The highest BCUT2D eigenvalue weighted by atomic mass is 14.2. The fraction of sp³-hybridized carbons (Fsp3) is 0.154. The average molecular weight is 338 g/mol. The van der Waals surface area contributed by atoms with Crippen LogP contribution < -0.4 is 0 Å². The molecule has 0 aliphatic rings. The van der Waals surface area contributed by atoms with E-state index < -0.39 is 0 Å². The van der Waals surface area contributed by atoms with Crippen LogP contribution in [0, 0.1) is 0 Å². The smallest absolute Gasteiger partial charge is 0.00558 e. The van der Waals surface area contributed by atoms with Crippen LogP contribution in [-0.2, 0) is 19.3 Å². The van der Waals surface area contributed by atoms with Crippen LogP contribution in [0.3, 0.4) is 0 Å². The van der Waals surface area contributed by atoms with Crippen molar-refractivity contribution in [2.45, 2.75) is 25.2 Å². The number of rotatable bonds is 8. The molecule has 26 heavy (non-hydrogen) atoms. The number of hydrogen-bond donors (Lipinski definition) is 0. The molecule has 0 heterocycles. The van der Waals surface area contributed by atoms with Gasteiger partial charge in [-0.15, -0.1) is 6.58 Å². The molecule has 0 saturated carbocycles. The molecule has 1 unspecified atom stereocenters. The maximum Gasteiger partial charge on any atom is 0.00558 e. The van der Waals surface area contributed by atoms with Gasteiger partial charge in [0.25, 0.3) is 0 Å². The van der Waals surface area contributed by atoms with Gasteiger partial charge < -0.3 is 0 Å². The molecule has 0 saturated heterocycles. The van der Waals surface area contributed by atoms with E-state index in [9.17, 15) is 0 Å². The Morgan fingerprint density at radius 2 is 1.35 bits per heavy atom. The van der Waals surface area contributed by atoms with Crippen molar-refractivity contribution >= 4 is 6.08 Å². The van der Waals surface area contributed by atoms with E-state index in [1.807, 2.05) is 6.08 Å². The number of aryl methyl sites for hydroxylation is 2. The van der Waals surface area contributed by atoms with Crippen LogP contribution in [0.1, 0.15) is 33.7 Å². The van der Waals surface area contributed by atoms with Crippen LogP contribution >= 0.6 is 0 Å². The Bertz CT molecular complexity index is 841. The zero-order valence-corrected chi connectivity index (χ0v) is 15.3. The third-order valence-electron chi connectivity index (χ3n) is 4.97. The Kier molecular flexibility index (Phi) is 6.22. The molecule has 0 heteroatoms. The summed E-state index contributed by atoms with van der Waals surface area (Å²) in [7, 11) is 0. The van der Waals surface area contributed by atoms with Crippen LogP contribution in [0.4, 0.5) is 0 Å². The standard InChI is InChI=1S/C26H26/c1-3-21-14-16-22(17-15-21)18-19-25-12-8-9-13-26(25)20-23(4-2)24-10-6-5-7-11-24/h3-17,23H,1-2,18-20H2. The maximum atomic E-state index is 4.07. The minimum atomic E-state index is 0.351. The second-order valence-corrected chi connectivity index (χ2v) is 6.67. The summed E-state index contributed by atoms with van der Waals surface area (Å²) in [6.07, 6.45) is 7.07. The first kappa shape index (κ1) is 17.9. The molecule has 3 aromatic rings. The lowest BCUT2D eigenvalue weighted by Gasteiger charge is -2.16. The monoisotopic (exact) mass is 338 g/mol. The molecule has 0 N–H and O–H groups in total. The van der Waals surface area contributed by atoms with Crippen LogP contribution in [0.25, 0.3) is 6.08 Å². The van der Waals surface area contributed by atoms with E-state index in [2.05, 4.69) is 98.1 Å². The van der Waals surface area contributed by atoms with E-state index >= 15 is 0 Å². The van der Waals surface area contributed by atoms with Gasteiger partial charge in [0.2, 0.25) is 0 Å². The van der Waals surface area contributed by atoms with Crippen molar-refractivity contribution in [3.63, 3.8) is 0 Å². The Hall–Kier alpha value is -2.86. The first-order valence-electron chi connectivity index (χ1n) is 9.26. The normalized spacial score (nSPS) is 11.7. The SMILES string of the molecule is C=Cc1ccc(CCc2ccccc2CC(C=C)c2ccccc2)cc1. The van der Waals surface area contributed by atoms with Gasteiger partial charge in [-0.2, -0.15) is 0 Å². The molecule has 0 spiro atoms. The highest BCUT2D eigenvalue weighted by Crippen LogP contribution is 2.24. The molecule has 0 aliphatic carbocycles. The van der Waals surface area contributed by atoms with E-state index in [1.54, 1.807) is 0 Å². The molecule has 0 radical (unpaired) electrons. The van der Waals surface area contributed by atoms with Crippen LogP contribution in [0.2, 0.25) is 0 Å². The van der Waals surface area contributed by atoms with Crippen LogP contribution in [0.15, 0.2) is 98.1 Å². The van der Waals surface area contributed by atoms with Crippen molar-refractivity contribution in [3.8, 4) is 0 Å². The predicted octanol–water partition coefficient (Wildman–Crippen LogP) is 6.63. The third kappa shape index (κ3) is 4.61. The van der Waals surface area contributed by atoms with Gasteiger partial charge in [-0.1, -0.05) is 97.6 Å². The molecule has 3 rings (SSSR count). The second kappa shape index (κ2) is 9.01. The first-order chi connectivity index (χ1) is 12.8. The van der Waals surface area contributed by atoms with E-state index in [0.717, 1.165) is 19.3 Å². The molecule has 0 amide bonds. The Balaban J connectivity index is 1.72. The van der Waals surface area contributed by atoms with Crippen molar-refractivity contribution < 1.29 is 0 Å².